The second-order valence-corrected chi connectivity index (χ2v) is 3.09. The van der Waals surface area contributed by atoms with Crippen LogP contribution in [0.2, 0.25) is 0 Å². The Morgan fingerprint density at radius 3 is 2.64 bits per heavy atom. The predicted octanol–water partition coefficient (Wildman–Crippen LogP) is 0.407. The molecule has 0 aliphatic carbocycles. The van der Waals surface area contributed by atoms with E-state index in [2.05, 4.69) is 22.2 Å². The molecule has 1 atom stereocenters. The van der Waals surface area contributed by atoms with Crippen LogP contribution < -0.4 is 5.43 Å². The van der Waals surface area contributed by atoms with Gasteiger partial charge < -0.3 is 5.01 Å². The van der Waals surface area contributed by atoms with Crippen molar-refractivity contribution in [2.24, 2.45) is 10.1 Å². The van der Waals surface area contributed by atoms with Gasteiger partial charge >= 0.3 is 0 Å². The van der Waals surface area contributed by atoms with Crippen LogP contribution >= 0.6 is 0 Å². The number of rotatable bonds is 7. The van der Waals surface area contributed by atoms with Crippen molar-refractivity contribution in [2.75, 3.05) is 27.2 Å². The molecule has 14 heavy (non-hydrogen) atoms. The Hall–Kier alpha value is -1.10. The van der Waals surface area contributed by atoms with Gasteiger partial charge in [-0.05, 0) is 13.8 Å². The first-order valence-corrected chi connectivity index (χ1v) is 4.79. The molecule has 0 heterocycles. The van der Waals surface area contributed by atoms with Crippen LogP contribution in [0.1, 0.15) is 13.8 Å². The number of nitrogens with one attached hydrogen (secondary N) is 1. The fourth-order valence-corrected chi connectivity index (χ4v) is 0.911. The summed E-state index contributed by atoms with van der Waals surface area (Å²) < 4.78 is 0. The van der Waals surface area contributed by atoms with Crippen molar-refractivity contribution in [2.45, 2.75) is 19.9 Å². The molecule has 0 saturated carbocycles. The molecular formula is C9H21N5. The lowest BCUT2D eigenvalue weighted by atomic mass is 10.3. The smallest absolute Gasteiger partial charge is 0.0993 e. The highest BCUT2D eigenvalue weighted by molar-refractivity contribution is 5.53. The fraction of sp³-hybridized carbons (Fsp3) is 0.778. The van der Waals surface area contributed by atoms with E-state index < -0.39 is 0 Å². The molecule has 0 rings (SSSR count). The quantitative estimate of drug-likeness (QED) is 0.367. The zero-order valence-corrected chi connectivity index (χ0v) is 9.56. The van der Waals surface area contributed by atoms with E-state index in [0.29, 0.717) is 0 Å². The highest BCUT2D eigenvalue weighted by atomic mass is 15.5. The minimum absolute atomic E-state index is 0.219. The summed E-state index contributed by atoms with van der Waals surface area (Å²) in [7, 11) is 3.75. The average molecular weight is 199 g/mol. The van der Waals surface area contributed by atoms with Crippen molar-refractivity contribution < 1.29 is 0 Å². The molecule has 0 saturated heterocycles. The Balaban J connectivity index is 3.89. The number of hydrazone groups is 1. The number of hydrogen-bond acceptors (Lipinski definition) is 4. The van der Waals surface area contributed by atoms with Crippen molar-refractivity contribution in [1.82, 2.24) is 15.4 Å². The first-order chi connectivity index (χ1) is 6.63. The summed E-state index contributed by atoms with van der Waals surface area (Å²) in [6.07, 6.45) is 1.77. The number of hydrazine groups is 1. The van der Waals surface area contributed by atoms with Crippen LogP contribution in [0.25, 0.3) is 0 Å². The molecule has 0 aromatic rings. The largest absolute Gasteiger partial charge is 0.302 e. The minimum Gasteiger partial charge on any atom is -0.302 e. The average Bonchev–Trinajstić information content (AvgIpc) is 2.22. The summed E-state index contributed by atoms with van der Waals surface area (Å²) in [5.74, 6) is 0. The highest BCUT2D eigenvalue weighted by Crippen LogP contribution is 1.95. The molecule has 0 aliphatic heterocycles. The second kappa shape index (κ2) is 7.32. The predicted molar refractivity (Wildman–Crippen MR) is 61.6 cm³/mol. The van der Waals surface area contributed by atoms with E-state index in [1.165, 1.54) is 0 Å². The van der Waals surface area contributed by atoms with Gasteiger partial charge in [0.15, 0.2) is 0 Å². The summed E-state index contributed by atoms with van der Waals surface area (Å²) in [6, 6.07) is 0.219. The molecule has 82 valence electrons. The molecule has 0 radical (unpaired) electrons. The monoisotopic (exact) mass is 199 g/mol. The van der Waals surface area contributed by atoms with Gasteiger partial charge in [0.2, 0.25) is 0 Å². The van der Waals surface area contributed by atoms with Gasteiger partial charge in [0.1, 0.15) is 0 Å². The van der Waals surface area contributed by atoms with Crippen molar-refractivity contribution in [1.29, 1.82) is 0 Å². The number of hydrogen-bond donors (Lipinski definition) is 1. The van der Waals surface area contributed by atoms with E-state index in [-0.39, 0.29) is 6.04 Å². The van der Waals surface area contributed by atoms with Crippen LogP contribution in [-0.4, -0.2) is 56.3 Å². The summed E-state index contributed by atoms with van der Waals surface area (Å²) in [5.41, 5.74) is 2.94. The van der Waals surface area contributed by atoms with Gasteiger partial charge in [-0.15, -0.1) is 0 Å². The van der Waals surface area contributed by atoms with E-state index >= 15 is 0 Å². The minimum atomic E-state index is 0.219. The summed E-state index contributed by atoms with van der Waals surface area (Å²) in [4.78, 5) is 4.34. The van der Waals surface area contributed by atoms with Gasteiger partial charge in [0.05, 0.1) is 18.9 Å². The van der Waals surface area contributed by atoms with Crippen LogP contribution in [0.3, 0.4) is 0 Å². The van der Waals surface area contributed by atoms with E-state index in [0.717, 1.165) is 13.1 Å². The number of likely N-dealkylation sites (N-methyl/N-ethyl adjacent to an activating group) is 1. The molecule has 1 N–H and O–H groups in total. The highest BCUT2D eigenvalue weighted by Gasteiger charge is 2.03. The molecule has 5 heteroatoms. The summed E-state index contributed by atoms with van der Waals surface area (Å²) in [6.45, 7) is 9.26. The lowest BCUT2D eigenvalue weighted by Gasteiger charge is -2.19. The maximum Gasteiger partial charge on any atom is 0.0993 e. The Morgan fingerprint density at radius 2 is 2.21 bits per heavy atom. The van der Waals surface area contributed by atoms with Crippen molar-refractivity contribution in [3.8, 4) is 0 Å². The molecule has 0 aromatic heterocycles. The van der Waals surface area contributed by atoms with Gasteiger partial charge in [-0.1, -0.05) is 0 Å². The molecule has 0 fully saturated rings. The van der Waals surface area contributed by atoms with E-state index in [1.54, 1.807) is 11.3 Å². The van der Waals surface area contributed by atoms with Crippen molar-refractivity contribution >= 4 is 13.1 Å². The Bertz CT molecular complexity index is 180. The lowest BCUT2D eigenvalue weighted by Crippen LogP contribution is -2.31. The van der Waals surface area contributed by atoms with Gasteiger partial charge in [-0.25, -0.2) is 5.43 Å². The SMILES string of the molecule is C=NN(CC)CC(C)N=CN(C)NC. The Kier molecular flexibility index (Phi) is 6.74. The maximum absolute atomic E-state index is 4.34. The zero-order valence-electron chi connectivity index (χ0n) is 9.56. The van der Waals surface area contributed by atoms with E-state index in [9.17, 15) is 0 Å². The Morgan fingerprint density at radius 1 is 1.57 bits per heavy atom. The molecule has 0 spiro atoms. The normalized spacial score (nSPS) is 12.9. The molecular weight excluding hydrogens is 178 g/mol. The summed E-state index contributed by atoms with van der Waals surface area (Å²) in [5, 5.41) is 7.56. The van der Waals surface area contributed by atoms with Crippen LogP contribution in [0.4, 0.5) is 0 Å². The molecule has 1 unspecified atom stereocenters. The van der Waals surface area contributed by atoms with Crippen LogP contribution in [0, 0.1) is 0 Å². The van der Waals surface area contributed by atoms with Crippen molar-refractivity contribution in [3.63, 3.8) is 0 Å². The summed E-state index contributed by atoms with van der Waals surface area (Å²) >= 11 is 0. The lowest BCUT2D eigenvalue weighted by molar-refractivity contribution is 0.291. The molecule has 0 aromatic carbocycles. The topological polar surface area (TPSA) is 43.2 Å². The third-order valence-electron chi connectivity index (χ3n) is 1.89. The first kappa shape index (κ1) is 12.9. The first-order valence-electron chi connectivity index (χ1n) is 4.79. The second-order valence-electron chi connectivity index (χ2n) is 3.09. The standard InChI is InChI=1S/C9H21N5/c1-6-14(11-4)7-9(2)12-8-13(5)10-3/h8-10H,4,6-7H2,1-3,5H3. The Labute approximate surface area is 86.5 Å². The van der Waals surface area contributed by atoms with Crippen molar-refractivity contribution in [3.05, 3.63) is 0 Å². The number of aliphatic imine (C=N–C) groups is 1. The maximum atomic E-state index is 4.34. The van der Waals surface area contributed by atoms with Gasteiger partial charge in [-0.2, -0.15) is 5.10 Å². The van der Waals surface area contributed by atoms with Crippen LogP contribution in [0.5, 0.6) is 0 Å². The zero-order chi connectivity index (χ0) is 11.0. The molecule has 5 nitrogen and oxygen atoms in total. The van der Waals surface area contributed by atoms with E-state index in [1.807, 2.05) is 33.0 Å². The van der Waals surface area contributed by atoms with E-state index in [4.69, 9.17) is 0 Å². The van der Waals surface area contributed by atoms with Crippen LogP contribution in [0.15, 0.2) is 10.1 Å². The molecule has 0 aliphatic rings. The van der Waals surface area contributed by atoms with Gasteiger partial charge in [-0.3, -0.25) is 10.0 Å². The van der Waals surface area contributed by atoms with Gasteiger partial charge in [0, 0.05) is 27.4 Å². The fourth-order valence-electron chi connectivity index (χ4n) is 0.911. The van der Waals surface area contributed by atoms with Crippen LogP contribution in [-0.2, 0) is 0 Å². The molecule has 0 amide bonds. The number of nitrogens with zero attached hydrogens (tertiary/aromatic N) is 4. The third kappa shape index (κ3) is 5.53. The third-order valence-corrected chi connectivity index (χ3v) is 1.89. The van der Waals surface area contributed by atoms with Gasteiger partial charge in [0.25, 0.3) is 0 Å². The molecule has 0 bridgehead atoms.